The number of hydrogen-bond donors (Lipinski definition) is 0. The molecular formula is C17H21ClN4OS. The number of benzene rings is 1. The van der Waals surface area contributed by atoms with Crippen molar-refractivity contribution in [3.05, 3.63) is 29.3 Å². The number of para-hydroxylation sites is 1. The zero-order valence-electron chi connectivity index (χ0n) is 13.5. The van der Waals surface area contributed by atoms with Gasteiger partial charge in [-0.1, -0.05) is 35.5 Å². The third-order valence-corrected chi connectivity index (χ3v) is 5.90. The van der Waals surface area contributed by atoms with Crippen molar-refractivity contribution in [1.29, 1.82) is 0 Å². The molecule has 1 unspecified atom stereocenters. The molecule has 0 bridgehead atoms. The topological polar surface area (TPSA) is 43.2 Å². The van der Waals surface area contributed by atoms with Crippen LogP contribution in [0.1, 0.15) is 25.7 Å². The van der Waals surface area contributed by atoms with E-state index in [1.165, 1.54) is 12.8 Å². The number of hydrogen-bond acceptors (Lipinski definition) is 5. The van der Waals surface area contributed by atoms with Crippen LogP contribution in [0.2, 0.25) is 5.02 Å². The van der Waals surface area contributed by atoms with E-state index in [1.54, 1.807) is 11.8 Å². The predicted molar refractivity (Wildman–Crippen MR) is 97.5 cm³/mol. The highest BCUT2D eigenvalue weighted by atomic mass is 35.5. The van der Waals surface area contributed by atoms with Crippen molar-refractivity contribution >= 4 is 29.3 Å². The van der Waals surface area contributed by atoms with Gasteiger partial charge in [-0.2, -0.15) is 0 Å². The van der Waals surface area contributed by atoms with E-state index < -0.39 is 0 Å². The Bertz CT molecular complexity index is 696. The fourth-order valence-electron chi connectivity index (χ4n) is 3.26. The molecule has 0 N–H and O–H groups in total. The Hall–Kier alpha value is -1.24. The molecule has 2 fully saturated rings. The lowest BCUT2D eigenvalue weighted by Crippen LogP contribution is -2.22. The molecule has 0 saturated carbocycles. The summed E-state index contributed by atoms with van der Waals surface area (Å²) in [6, 6.07) is 7.90. The smallest absolute Gasteiger partial charge is 0.232 e. The maximum Gasteiger partial charge on any atom is 0.232 e. The van der Waals surface area contributed by atoms with E-state index in [2.05, 4.69) is 19.7 Å². The first kappa shape index (κ1) is 16.2. The van der Waals surface area contributed by atoms with E-state index in [-0.39, 0.29) is 0 Å². The van der Waals surface area contributed by atoms with Crippen molar-refractivity contribution in [1.82, 2.24) is 14.8 Å². The van der Waals surface area contributed by atoms with Crippen LogP contribution >= 0.6 is 23.4 Å². The van der Waals surface area contributed by atoms with Crippen LogP contribution in [-0.2, 0) is 4.74 Å². The van der Waals surface area contributed by atoms with Gasteiger partial charge in [0.1, 0.15) is 0 Å². The van der Waals surface area contributed by atoms with E-state index in [0.29, 0.717) is 6.10 Å². The van der Waals surface area contributed by atoms with Crippen LogP contribution in [0.4, 0.5) is 5.95 Å². The monoisotopic (exact) mass is 364 g/mol. The zero-order valence-corrected chi connectivity index (χ0v) is 15.1. The number of rotatable bonds is 5. The molecule has 7 heteroatoms. The van der Waals surface area contributed by atoms with Gasteiger partial charge in [-0.25, -0.2) is 0 Å². The second-order valence-corrected chi connectivity index (χ2v) is 7.60. The van der Waals surface area contributed by atoms with E-state index in [1.807, 2.05) is 24.3 Å². The first-order valence-corrected chi connectivity index (χ1v) is 9.89. The summed E-state index contributed by atoms with van der Waals surface area (Å²) < 4.78 is 7.84. The van der Waals surface area contributed by atoms with Gasteiger partial charge in [0.15, 0.2) is 5.16 Å². The third kappa shape index (κ3) is 3.27. The molecule has 0 spiro atoms. The van der Waals surface area contributed by atoms with E-state index in [0.717, 1.165) is 60.1 Å². The molecule has 0 amide bonds. The fraction of sp³-hybridized carbons (Fsp3) is 0.529. The van der Waals surface area contributed by atoms with Gasteiger partial charge in [0.25, 0.3) is 0 Å². The molecule has 4 rings (SSSR count). The Morgan fingerprint density at radius 1 is 1.17 bits per heavy atom. The van der Waals surface area contributed by atoms with Crippen LogP contribution in [0.5, 0.6) is 0 Å². The molecule has 0 radical (unpaired) electrons. The van der Waals surface area contributed by atoms with Crippen molar-refractivity contribution < 1.29 is 4.74 Å². The summed E-state index contributed by atoms with van der Waals surface area (Å²) in [7, 11) is 0. The molecule has 1 atom stereocenters. The molecule has 24 heavy (non-hydrogen) atoms. The minimum absolute atomic E-state index is 0.321. The summed E-state index contributed by atoms with van der Waals surface area (Å²) in [6.07, 6.45) is 5.01. The largest absolute Gasteiger partial charge is 0.377 e. The first-order valence-electron chi connectivity index (χ1n) is 8.52. The SMILES string of the molecule is Clc1ccccc1-n1c(SCC2CCCO2)nnc1N1CCCC1. The second-order valence-electron chi connectivity index (χ2n) is 6.21. The van der Waals surface area contributed by atoms with Gasteiger partial charge in [-0.3, -0.25) is 4.57 Å². The van der Waals surface area contributed by atoms with Crippen molar-refractivity contribution in [2.45, 2.75) is 36.9 Å². The van der Waals surface area contributed by atoms with Crippen LogP contribution in [0, 0.1) is 0 Å². The maximum atomic E-state index is 6.46. The summed E-state index contributed by atoms with van der Waals surface area (Å²) in [5, 5.41) is 10.5. The van der Waals surface area contributed by atoms with Crippen LogP contribution in [0.3, 0.4) is 0 Å². The number of aromatic nitrogens is 3. The van der Waals surface area contributed by atoms with E-state index >= 15 is 0 Å². The maximum absolute atomic E-state index is 6.46. The molecule has 2 saturated heterocycles. The highest BCUT2D eigenvalue weighted by molar-refractivity contribution is 7.99. The van der Waals surface area contributed by atoms with Crippen LogP contribution < -0.4 is 4.90 Å². The predicted octanol–water partition coefficient (Wildman–Crippen LogP) is 3.79. The molecule has 1 aromatic carbocycles. The van der Waals surface area contributed by atoms with Gasteiger partial charge in [-0.05, 0) is 37.8 Å². The lowest BCUT2D eigenvalue weighted by molar-refractivity contribution is 0.129. The van der Waals surface area contributed by atoms with E-state index in [4.69, 9.17) is 16.3 Å². The third-order valence-electron chi connectivity index (χ3n) is 4.52. The van der Waals surface area contributed by atoms with E-state index in [9.17, 15) is 0 Å². The Balaban J connectivity index is 1.66. The first-order chi connectivity index (χ1) is 11.8. The summed E-state index contributed by atoms with van der Waals surface area (Å²) in [5.41, 5.74) is 0.945. The minimum atomic E-state index is 0.321. The van der Waals surface area contributed by atoms with Crippen molar-refractivity contribution in [3.63, 3.8) is 0 Å². The summed E-state index contributed by atoms with van der Waals surface area (Å²) >= 11 is 8.17. The summed E-state index contributed by atoms with van der Waals surface area (Å²) in [5.74, 6) is 1.80. The average molecular weight is 365 g/mol. The zero-order chi connectivity index (χ0) is 16.4. The lowest BCUT2D eigenvalue weighted by atomic mass is 10.3. The van der Waals surface area contributed by atoms with Gasteiger partial charge in [0, 0.05) is 25.4 Å². The van der Waals surface area contributed by atoms with Gasteiger partial charge >= 0.3 is 0 Å². The molecule has 3 heterocycles. The molecule has 128 valence electrons. The summed E-state index contributed by atoms with van der Waals surface area (Å²) in [6.45, 7) is 2.93. The minimum Gasteiger partial charge on any atom is -0.377 e. The highest BCUT2D eigenvalue weighted by Crippen LogP contribution is 2.32. The van der Waals surface area contributed by atoms with Gasteiger partial charge in [0.05, 0.1) is 16.8 Å². The molecule has 1 aromatic heterocycles. The number of ether oxygens (including phenoxy) is 1. The van der Waals surface area contributed by atoms with Gasteiger partial charge in [0.2, 0.25) is 5.95 Å². The highest BCUT2D eigenvalue weighted by Gasteiger charge is 2.24. The van der Waals surface area contributed by atoms with Gasteiger partial charge < -0.3 is 9.64 Å². The molecule has 0 aliphatic carbocycles. The van der Waals surface area contributed by atoms with Crippen molar-refractivity contribution in [3.8, 4) is 5.69 Å². The Labute approximate surface area is 151 Å². The lowest BCUT2D eigenvalue weighted by Gasteiger charge is -2.19. The average Bonchev–Trinajstić information content (AvgIpc) is 3.34. The Morgan fingerprint density at radius 3 is 2.75 bits per heavy atom. The summed E-state index contributed by atoms with van der Waals surface area (Å²) in [4.78, 5) is 2.30. The van der Waals surface area contributed by atoms with Gasteiger partial charge in [-0.15, -0.1) is 10.2 Å². The number of anilines is 1. The normalized spacial score (nSPS) is 20.9. The number of nitrogens with zero attached hydrogens (tertiary/aromatic N) is 4. The van der Waals surface area contributed by atoms with Crippen molar-refractivity contribution in [2.75, 3.05) is 30.3 Å². The van der Waals surface area contributed by atoms with Crippen molar-refractivity contribution in [2.24, 2.45) is 0 Å². The van der Waals surface area contributed by atoms with Crippen LogP contribution in [0.25, 0.3) is 5.69 Å². The number of halogens is 1. The van der Waals surface area contributed by atoms with Crippen LogP contribution in [0.15, 0.2) is 29.4 Å². The molecule has 2 aromatic rings. The number of thioether (sulfide) groups is 1. The second kappa shape index (κ2) is 7.33. The Kier molecular flexibility index (Phi) is 4.96. The molecule has 5 nitrogen and oxygen atoms in total. The molecule has 2 aliphatic heterocycles. The molecular weight excluding hydrogens is 344 g/mol. The fourth-order valence-corrected chi connectivity index (χ4v) is 4.49. The standard InChI is InChI=1S/C17H21ClN4OS/c18-14-7-1-2-8-15(14)22-16(21-9-3-4-10-21)19-20-17(22)24-12-13-6-5-11-23-13/h1-2,7-8,13H,3-6,9-12H2. The Morgan fingerprint density at radius 2 is 2.00 bits per heavy atom. The van der Waals surface area contributed by atoms with Crippen LogP contribution in [-0.4, -0.2) is 46.3 Å². The quantitative estimate of drug-likeness (QED) is 0.755. The molecule has 2 aliphatic rings.